The fourth-order valence-electron chi connectivity index (χ4n) is 3.92. The van der Waals surface area contributed by atoms with Crippen molar-refractivity contribution in [2.45, 2.75) is 25.8 Å². The van der Waals surface area contributed by atoms with E-state index < -0.39 is 0 Å². The third-order valence-corrected chi connectivity index (χ3v) is 5.34. The molecule has 0 bridgehead atoms. The molecule has 0 saturated carbocycles. The van der Waals surface area contributed by atoms with Crippen molar-refractivity contribution in [2.24, 2.45) is 0 Å². The highest BCUT2D eigenvalue weighted by atomic mass is 16.5. The van der Waals surface area contributed by atoms with Gasteiger partial charge in [0.2, 0.25) is 0 Å². The van der Waals surface area contributed by atoms with Crippen LogP contribution in [0.4, 0.5) is 0 Å². The Bertz CT molecular complexity index is 517. The standard InChI is InChI=1S/C20H33N3O2/c1-3-24-19-8-4-5-9-20(19)25-16-15-22-11-13-23(14-12-22)18-7-6-10-21(2)17-18/h4-5,8-9,18H,3,6-7,10-17H2,1-2H3/t18-/m1/s1. The maximum atomic E-state index is 5.96. The van der Waals surface area contributed by atoms with E-state index in [1.807, 2.05) is 31.2 Å². The van der Waals surface area contributed by atoms with E-state index in [4.69, 9.17) is 9.47 Å². The van der Waals surface area contributed by atoms with Gasteiger partial charge in [0.1, 0.15) is 6.61 Å². The molecule has 0 amide bonds. The molecule has 0 aromatic heterocycles. The molecule has 2 aliphatic rings. The Morgan fingerprint density at radius 1 is 1.00 bits per heavy atom. The Balaban J connectivity index is 1.38. The predicted octanol–water partition coefficient (Wildman–Crippen LogP) is 2.18. The first kappa shape index (κ1) is 18.5. The zero-order valence-corrected chi connectivity index (χ0v) is 15.8. The number of ether oxygens (including phenoxy) is 2. The summed E-state index contributed by atoms with van der Waals surface area (Å²) in [5.41, 5.74) is 0. The second-order valence-corrected chi connectivity index (χ2v) is 7.16. The number of likely N-dealkylation sites (N-methyl/N-ethyl adjacent to an activating group) is 1. The fraction of sp³-hybridized carbons (Fsp3) is 0.700. The van der Waals surface area contributed by atoms with Crippen LogP contribution in [-0.2, 0) is 0 Å². The lowest BCUT2D eigenvalue weighted by molar-refractivity contribution is 0.0545. The molecule has 0 aliphatic carbocycles. The summed E-state index contributed by atoms with van der Waals surface area (Å²) in [7, 11) is 2.25. The molecule has 2 aliphatic heterocycles. The summed E-state index contributed by atoms with van der Waals surface area (Å²) in [6, 6.07) is 8.70. The van der Waals surface area contributed by atoms with Crippen LogP contribution < -0.4 is 9.47 Å². The predicted molar refractivity (Wildman–Crippen MR) is 102 cm³/mol. The van der Waals surface area contributed by atoms with E-state index in [1.54, 1.807) is 0 Å². The van der Waals surface area contributed by atoms with Crippen LogP contribution in [0.15, 0.2) is 24.3 Å². The molecule has 2 heterocycles. The molecule has 2 saturated heterocycles. The van der Waals surface area contributed by atoms with Crippen LogP contribution in [0.1, 0.15) is 19.8 Å². The molecule has 3 rings (SSSR count). The molecule has 140 valence electrons. The minimum atomic E-state index is 0.665. The number of para-hydroxylation sites is 2. The van der Waals surface area contributed by atoms with Crippen LogP contribution in [0.2, 0.25) is 0 Å². The second kappa shape index (κ2) is 9.41. The Hall–Kier alpha value is -1.30. The summed E-state index contributed by atoms with van der Waals surface area (Å²) in [5, 5.41) is 0. The van der Waals surface area contributed by atoms with Crippen molar-refractivity contribution in [3.05, 3.63) is 24.3 Å². The molecule has 0 N–H and O–H groups in total. The zero-order valence-electron chi connectivity index (χ0n) is 15.8. The lowest BCUT2D eigenvalue weighted by Gasteiger charge is -2.42. The summed E-state index contributed by atoms with van der Waals surface area (Å²) in [6.07, 6.45) is 2.70. The van der Waals surface area contributed by atoms with E-state index in [0.717, 1.165) is 43.8 Å². The van der Waals surface area contributed by atoms with Gasteiger partial charge >= 0.3 is 0 Å². The van der Waals surface area contributed by atoms with Crippen LogP contribution in [0.5, 0.6) is 11.5 Å². The van der Waals surface area contributed by atoms with Crippen LogP contribution in [0.25, 0.3) is 0 Å². The molecular weight excluding hydrogens is 314 g/mol. The van der Waals surface area contributed by atoms with Crippen LogP contribution in [-0.4, -0.2) is 86.8 Å². The largest absolute Gasteiger partial charge is 0.490 e. The van der Waals surface area contributed by atoms with Gasteiger partial charge in [-0.15, -0.1) is 0 Å². The Labute approximate surface area is 152 Å². The first-order chi connectivity index (χ1) is 12.3. The van der Waals surface area contributed by atoms with E-state index in [2.05, 4.69) is 21.7 Å². The number of nitrogens with zero attached hydrogens (tertiary/aromatic N) is 3. The highest BCUT2D eigenvalue weighted by molar-refractivity contribution is 5.39. The quantitative estimate of drug-likeness (QED) is 0.754. The topological polar surface area (TPSA) is 28.2 Å². The van der Waals surface area contributed by atoms with Gasteiger partial charge in [0, 0.05) is 45.3 Å². The molecular formula is C20H33N3O2. The number of likely N-dealkylation sites (tertiary alicyclic amines) is 1. The molecule has 2 fully saturated rings. The minimum Gasteiger partial charge on any atom is -0.490 e. The first-order valence-electron chi connectivity index (χ1n) is 9.76. The number of rotatable bonds is 7. The van der Waals surface area contributed by atoms with E-state index in [0.29, 0.717) is 6.61 Å². The average molecular weight is 348 g/mol. The SMILES string of the molecule is CCOc1ccccc1OCCN1CCN([C@@H]2CCCN(C)C2)CC1. The van der Waals surface area contributed by atoms with Crippen LogP contribution in [0, 0.1) is 0 Å². The van der Waals surface area contributed by atoms with Gasteiger partial charge in [-0.2, -0.15) is 0 Å². The van der Waals surface area contributed by atoms with Gasteiger partial charge in [-0.3, -0.25) is 9.80 Å². The number of piperidine rings is 1. The fourth-order valence-corrected chi connectivity index (χ4v) is 3.92. The Morgan fingerprint density at radius 3 is 2.40 bits per heavy atom. The smallest absolute Gasteiger partial charge is 0.161 e. The van der Waals surface area contributed by atoms with Crippen LogP contribution in [0.3, 0.4) is 0 Å². The van der Waals surface area contributed by atoms with E-state index in [1.165, 1.54) is 39.0 Å². The molecule has 0 unspecified atom stereocenters. The monoisotopic (exact) mass is 347 g/mol. The van der Waals surface area contributed by atoms with E-state index >= 15 is 0 Å². The van der Waals surface area contributed by atoms with Gasteiger partial charge in [-0.1, -0.05) is 12.1 Å². The molecule has 25 heavy (non-hydrogen) atoms. The van der Waals surface area contributed by atoms with Crippen molar-refractivity contribution in [1.29, 1.82) is 0 Å². The maximum absolute atomic E-state index is 5.96. The Morgan fingerprint density at radius 2 is 1.72 bits per heavy atom. The summed E-state index contributed by atoms with van der Waals surface area (Å²) in [5.74, 6) is 1.70. The summed E-state index contributed by atoms with van der Waals surface area (Å²) in [6.45, 7) is 11.5. The number of benzene rings is 1. The molecule has 5 heteroatoms. The van der Waals surface area contributed by atoms with Crippen molar-refractivity contribution in [2.75, 3.05) is 66.1 Å². The van der Waals surface area contributed by atoms with Gasteiger partial charge in [0.05, 0.1) is 6.61 Å². The van der Waals surface area contributed by atoms with Gasteiger partial charge < -0.3 is 14.4 Å². The van der Waals surface area contributed by atoms with Gasteiger partial charge in [-0.05, 0) is 45.5 Å². The minimum absolute atomic E-state index is 0.665. The molecule has 5 nitrogen and oxygen atoms in total. The van der Waals surface area contributed by atoms with E-state index in [-0.39, 0.29) is 0 Å². The summed E-state index contributed by atoms with van der Waals surface area (Å²) < 4.78 is 11.6. The van der Waals surface area contributed by atoms with Gasteiger partial charge in [0.25, 0.3) is 0 Å². The third-order valence-electron chi connectivity index (χ3n) is 5.34. The van der Waals surface area contributed by atoms with Crippen LogP contribution >= 0.6 is 0 Å². The number of hydrogen-bond donors (Lipinski definition) is 0. The molecule has 0 spiro atoms. The highest BCUT2D eigenvalue weighted by Gasteiger charge is 2.26. The summed E-state index contributed by atoms with van der Waals surface area (Å²) >= 11 is 0. The van der Waals surface area contributed by atoms with Crippen molar-refractivity contribution >= 4 is 0 Å². The van der Waals surface area contributed by atoms with Crippen molar-refractivity contribution < 1.29 is 9.47 Å². The first-order valence-corrected chi connectivity index (χ1v) is 9.76. The third kappa shape index (κ3) is 5.33. The van der Waals surface area contributed by atoms with Gasteiger partial charge in [0.15, 0.2) is 11.5 Å². The lowest BCUT2D eigenvalue weighted by Crippen LogP contribution is -2.54. The molecule has 1 aromatic rings. The van der Waals surface area contributed by atoms with Crippen molar-refractivity contribution in [3.63, 3.8) is 0 Å². The molecule has 0 radical (unpaired) electrons. The number of hydrogen-bond acceptors (Lipinski definition) is 5. The molecule has 1 aromatic carbocycles. The maximum Gasteiger partial charge on any atom is 0.161 e. The number of piperazine rings is 1. The lowest BCUT2D eigenvalue weighted by atomic mass is 10.0. The zero-order chi connectivity index (χ0) is 17.5. The Kier molecular flexibility index (Phi) is 6.96. The summed E-state index contributed by atoms with van der Waals surface area (Å²) in [4.78, 5) is 7.69. The average Bonchev–Trinajstić information content (AvgIpc) is 2.64. The van der Waals surface area contributed by atoms with Gasteiger partial charge in [-0.25, -0.2) is 0 Å². The normalized spacial score (nSPS) is 23.5. The second-order valence-electron chi connectivity index (χ2n) is 7.16. The highest BCUT2D eigenvalue weighted by Crippen LogP contribution is 2.26. The van der Waals surface area contributed by atoms with Crippen molar-refractivity contribution in [1.82, 2.24) is 14.7 Å². The van der Waals surface area contributed by atoms with E-state index in [9.17, 15) is 0 Å². The van der Waals surface area contributed by atoms with Crippen molar-refractivity contribution in [3.8, 4) is 11.5 Å². The molecule has 1 atom stereocenters.